The fourth-order valence-electron chi connectivity index (χ4n) is 3.06. The van der Waals surface area contributed by atoms with Crippen LogP contribution in [0, 0.1) is 0 Å². The maximum atomic E-state index is 11.5. The van der Waals surface area contributed by atoms with Gasteiger partial charge < -0.3 is 16.2 Å². The Bertz CT molecular complexity index is 348. The highest BCUT2D eigenvalue weighted by Gasteiger charge is 2.12. The molecule has 0 radical (unpaired) electrons. The zero-order valence-corrected chi connectivity index (χ0v) is 16.9. The van der Waals surface area contributed by atoms with Gasteiger partial charge in [-0.15, -0.1) is 0 Å². The topological polar surface area (TPSA) is 92.4 Å². The van der Waals surface area contributed by atoms with Crippen molar-refractivity contribution < 1.29 is 14.7 Å². The monoisotopic (exact) mass is 370 g/mol. The number of amides is 1. The Balaban J connectivity index is 3.19. The van der Waals surface area contributed by atoms with Crippen molar-refractivity contribution in [1.29, 1.82) is 0 Å². The quantitative estimate of drug-likeness (QED) is 0.285. The Morgan fingerprint density at radius 3 is 1.54 bits per heavy atom. The van der Waals surface area contributed by atoms with Crippen LogP contribution < -0.4 is 11.1 Å². The van der Waals surface area contributed by atoms with Crippen LogP contribution in [-0.4, -0.2) is 29.6 Å². The SMILES string of the molecule is CCCCCCCCCCCCCCCCCC(=O)NCC(N)C(=O)O. The van der Waals surface area contributed by atoms with Crippen molar-refractivity contribution >= 4 is 11.9 Å². The molecule has 0 saturated carbocycles. The van der Waals surface area contributed by atoms with E-state index in [1.54, 1.807) is 0 Å². The summed E-state index contributed by atoms with van der Waals surface area (Å²) < 4.78 is 0. The average Bonchev–Trinajstić information content (AvgIpc) is 2.62. The highest BCUT2D eigenvalue weighted by molar-refractivity contribution is 5.78. The lowest BCUT2D eigenvalue weighted by atomic mass is 10.0. The van der Waals surface area contributed by atoms with Crippen LogP contribution in [0.25, 0.3) is 0 Å². The number of rotatable bonds is 19. The lowest BCUT2D eigenvalue weighted by molar-refractivity contribution is -0.138. The van der Waals surface area contributed by atoms with E-state index in [1.165, 1.54) is 83.5 Å². The lowest BCUT2D eigenvalue weighted by Crippen LogP contribution is -2.42. The van der Waals surface area contributed by atoms with Crippen LogP contribution >= 0.6 is 0 Å². The maximum Gasteiger partial charge on any atom is 0.322 e. The first-order valence-corrected chi connectivity index (χ1v) is 10.8. The molecule has 0 aliphatic heterocycles. The van der Waals surface area contributed by atoms with Gasteiger partial charge in [-0.3, -0.25) is 9.59 Å². The van der Waals surface area contributed by atoms with Crippen molar-refractivity contribution in [3.05, 3.63) is 0 Å². The normalized spacial score (nSPS) is 12.1. The Labute approximate surface area is 160 Å². The van der Waals surface area contributed by atoms with Gasteiger partial charge in [0.2, 0.25) is 5.91 Å². The van der Waals surface area contributed by atoms with Gasteiger partial charge in [0, 0.05) is 13.0 Å². The third kappa shape index (κ3) is 17.7. The second-order valence-electron chi connectivity index (χ2n) is 7.45. The summed E-state index contributed by atoms with van der Waals surface area (Å²) in [6.07, 6.45) is 20.0. The van der Waals surface area contributed by atoms with E-state index in [2.05, 4.69) is 12.2 Å². The van der Waals surface area contributed by atoms with Crippen molar-refractivity contribution in [2.75, 3.05) is 6.54 Å². The number of hydrogen-bond donors (Lipinski definition) is 3. The van der Waals surface area contributed by atoms with Gasteiger partial charge in [0.25, 0.3) is 0 Å². The Morgan fingerprint density at radius 1 is 0.769 bits per heavy atom. The van der Waals surface area contributed by atoms with Crippen LogP contribution in [0.3, 0.4) is 0 Å². The molecule has 154 valence electrons. The molecule has 5 heteroatoms. The van der Waals surface area contributed by atoms with Gasteiger partial charge in [0.15, 0.2) is 0 Å². The zero-order chi connectivity index (χ0) is 19.5. The summed E-state index contributed by atoms with van der Waals surface area (Å²) in [7, 11) is 0. The molecule has 0 aromatic heterocycles. The summed E-state index contributed by atoms with van der Waals surface area (Å²) in [6, 6.07) is -1.01. The molecule has 0 rings (SSSR count). The van der Waals surface area contributed by atoms with Crippen molar-refractivity contribution in [3.8, 4) is 0 Å². The molecule has 5 nitrogen and oxygen atoms in total. The maximum absolute atomic E-state index is 11.5. The first-order valence-electron chi connectivity index (χ1n) is 10.8. The van der Waals surface area contributed by atoms with Gasteiger partial charge in [-0.05, 0) is 6.42 Å². The smallest absolute Gasteiger partial charge is 0.322 e. The van der Waals surface area contributed by atoms with Crippen LogP contribution in [-0.2, 0) is 9.59 Å². The molecule has 1 unspecified atom stereocenters. The molecule has 4 N–H and O–H groups in total. The molecular weight excluding hydrogens is 328 g/mol. The van der Waals surface area contributed by atoms with Crippen LogP contribution in [0.2, 0.25) is 0 Å². The highest BCUT2D eigenvalue weighted by Crippen LogP contribution is 2.13. The fraction of sp³-hybridized carbons (Fsp3) is 0.905. The van der Waals surface area contributed by atoms with Crippen molar-refractivity contribution in [3.63, 3.8) is 0 Å². The van der Waals surface area contributed by atoms with Gasteiger partial charge in [0.1, 0.15) is 6.04 Å². The molecule has 1 atom stereocenters. The molecule has 1 amide bonds. The van der Waals surface area contributed by atoms with Gasteiger partial charge in [-0.25, -0.2) is 0 Å². The minimum atomic E-state index is -1.09. The predicted molar refractivity (Wildman–Crippen MR) is 108 cm³/mol. The van der Waals surface area contributed by atoms with Crippen molar-refractivity contribution in [2.45, 2.75) is 116 Å². The number of carboxylic acid groups (broad SMARTS) is 1. The van der Waals surface area contributed by atoms with E-state index in [4.69, 9.17) is 10.8 Å². The summed E-state index contributed by atoms with van der Waals surface area (Å²) in [6.45, 7) is 2.27. The Morgan fingerprint density at radius 2 is 1.15 bits per heavy atom. The molecule has 0 aliphatic carbocycles. The van der Waals surface area contributed by atoms with Gasteiger partial charge in [-0.2, -0.15) is 0 Å². The van der Waals surface area contributed by atoms with Crippen LogP contribution in [0.1, 0.15) is 110 Å². The highest BCUT2D eigenvalue weighted by atomic mass is 16.4. The predicted octanol–water partition coefficient (Wildman–Crippen LogP) is 4.78. The zero-order valence-electron chi connectivity index (χ0n) is 16.9. The number of aliphatic carboxylic acids is 1. The van der Waals surface area contributed by atoms with Crippen molar-refractivity contribution in [2.24, 2.45) is 5.73 Å². The minimum Gasteiger partial charge on any atom is -0.480 e. The summed E-state index contributed by atoms with van der Waals surface area (Å²) in [5.74, 6) is -1.19. The summed E-state index contributed by atoms with van der Waals surface area (Å²) in [5.41, 5.74) is 5.34. The van der Waals surface area contributed by atoms with E-state index in [1.807, 2.05) is 0 Å². The Kier molecular flexibility index (Phi) is 17.9. The molecule has 0 fully saturated rings. The second kappa shape index (κ2) is 18.7. The number of carboxylic acids is 1. The van der Waals surface area contributed by atoms with Gasteiger partial charge >= 0.3 is 5.97 Å². The number of carbonyl (C=O) groups is 2. The number of nitrogens with two attached hydrogens (primary N) is 1. The first kappa shape index (κ1) is 24.9. The second-order valence-corrected chi connectivity index (χ2v) is 7.45. The molecule has 0 spiro atoms. The largest absolute Gasteiger partial charge is 0.480 e. The number of hydrogen-bond acceptors (Lipinski definition) is 3. The molecule has 0 bridgehead atoms. The lowest BCUT2D eigenvalue weighted by Gasteiger charge is -2.08. The van der Waals surface area contributed by atoms with E-state index in [0.717, 1.165) is 12.8 Å². The van der Waals surface area contributed by atoms with Crippen LogP contribution in [0.15, 0.2) is 0 Å². The third-order valence-electron chi connectivity index (χ3n) is 4.84. The summed E-state index contributed by atoms with van der Waals surface area (Å²) >= 11 is 0. The standard InChI is InChI=1S/C21H42N2O3/c1-2-3-4-5-6-7-8-9-10-11-12-13-14-15-16-17-20(24)23-18-19(22)21(25)26/h19H,2-18,22H2,1H3,(H,23,24)(H,25,26). The van der Waals surface area contributed by atoms with E-state index < -0.39 is 12.0 Å². The molecule has 0 aromatic rings. The Hall–Kier alpha value is -1.10. The minimum absolute atomic E-state index is 0.00685. The molecule has 0 heterocycles. The number of unbranched alkanes of at least 4 members (excludes halogenated alkanes) is 14. The molecule has 0 saturated heterocycles. The van der Waals surface area contributed by atoms with Gasteiger partial charge in [-0.1, -0.05) is 96.8 Å². The van der Waals surface area contributed by atoms with E-state index in [9.17, 15) is 9.59 Å². The fourth-order valence-corrected chi connectivity index (χ4v) is 3.06. The summed E-state index contributed by atoms with van der Waals surface area (Å²) in [5, 5.41) is 11.2. The molecular formula is C21H42N2O3. The van der Waals surface area contributed by atoms with Crippen LogP contribution in [0.5, 0.6) is 0 Å². The molecule has 0 aliphatic rings. The van der Waals surface area contributed by atoms with Crippen LogP contribution in [0.4, 0.5) is 0 Å². The number of carbonyl (C=O) groups excluding carboxylic acids is 1. The number of nitrogens with one attached hydrogen (secondary N) is 1. The molecule has 26 heavy (non-hydrogen) atoms. The van der Waals surface area contributed by atoms with E-state index in [-0.39, 0.29) is 12.5 Å². The van der Waals surface area contributed by atoms with E-state index >= 15 is 0 Å². The summed E-state index contributed by atoms with van der Waals surface area (Å²) in [4.78, 5) is 22.1. The van der Waals surface area contributed by atoms with E-state index in [0.29, 0.717) is 6.42 Å². The average molecular weight is 371 g/mol. The van der Waals surface area contributed by atoms with Gasteiger partial charge in [0.05, 0.1) is 0 Å². The van der Waals surface area contributed by atoms with Crippen molar-refractivity contribution in [1.82, 2.24) is 5.32 Å². The first-order chi connectivity index (χ1) is 12.6. The third-order valence-corrected chi connectivity index (χ3v) is 4.84. The molecule has 0 aromatic carbocycles.